The Balaban J connectivity index is 0.000000102. The second-order valence-electron chi connectivity index (χ2n) is 25.7. The highest BCUT2D eigenvalue weighted by Crippen LogP contribution is 2.35. The minimum absolute atomic E-state index is 0.0132. The molecule has 0 amide bonds. The van der Waals surface area contributed by atoms with Crippen molar-refractivity contribution < 1.29 is 9.84 Å². The van der Waals surface area contributed by atoms with E-state index in [1.54, 1.807) is 16.8 Å². The number of aromatic nitrogens is 16. The lowest BCUT2D eigenvalue weighted by Gasteiger charge is -2.35. The van der Waals surface area contributed by atoms with Crippen molar-refractivity contribution in [2.75, 3.05) is 53.0 Å². The van der Waals surface area contributed by atoms with Gasteiger partial charge in [-0.05, 0) is 121 Å². The molecule has 15 heterocycles. The molecule has 0 atom stereocenters. The number of fused-ring (bicyclic) bond motifs is 8. The van der Waals surface area contributed by atoms with Crippen LogP contribution in [0, 0.1) is 0 Å². The summed E-state index contributed by atoms with van der Waals surface area (Å²) >= 11 is 0. The molecule has 0 unspecified atom stereocenters. The third-order valence-electron chi connectivity index (χ3n) is 19.9. The maximum Gasteiger partial charge on any atom is 0.260 e. The van der Waals surface area contributed by atoms with Gasteiger partial charge in [-0.25, -0.2) is 0 Å². The fraction of sp³-hybridized carbons (Fsp3) is 0.288. The monoisotopic (exact) mass is 1290 g/mol. The summed E-state index contributed by atoms with van der Waals surface area (Å²) in [6, 6.07) is 39.0. The van der Waals surface area contributed by atoms with E-state index in [1.807, 2.05) is 148 Å². The Labute approximate surface area is 551 Å². The number of aromatic amines is 4. The average molecular weight is 1300 g/mol. The van der Waals surface area contributed by atoms with Crippen LogP contribution in [0.25, 0.3) is 131 Å². The molecule has 3 saturated heterocycles. The summed E-state index contributed by atoms with van der Waals surface area (Å²) in [5, 5.41) is 53.5. The Bertz CT molecular complexity index is 5960. The van der Waals surface area contributed by atoms with E-state index in [-0.39, 0.29) is 53.5 Å². The lowest BCUT2D eigenvalue weighted by molar-refractivity contribution is 0.0698. The molecule has 488 valence electrons. The van der Waals surface area contributed by atoms with Crippen molar-refractivity contribution >= 4 is 131 Å². The molecule has 0 spiro atoms. The van der Waals surface area contributed by atoms with Crippen molar-refractivity contribution in [3.8, 4) is 0 Å². The number of nitrogens with zero attached hydrogens (tertiary/aromatic N) is 14. The highest BCUT2D eigenvalue weighted by Gasteiger charge is 2.29. The standard InChI is InChI=1S/C21H23N5O.C19H19N5O.C18H16N4O2.C15H12N4O2/c1-13(2)25-11-8-14(9-12-25)26-20-18-17(7-10-22-20)23-24-19(18)15-5-3-4-6-16(15)21(26)27;1-23-10-7-12(8-11-23)24-18-16-15(6-9-20-18)21-22-17(16)13-4-2-3-5-14(13)19(24)25;23-18-13-4-2-1-3-12(13)16-15-14(20-21-16)5-8-19-17(15)22(18)11-6-9-24-10-7-11;20-8-7-19-14-12-11(5-6-16-14)17-18-13(12)9-3-1-2-4-10(9)15(19)21/h3-7,10,13-14,22H,8-9,11-12H2,1-2H3;2-6,9,12,20H,7-8,10-11H2,1H3;1-5,8,11,19H,6-7,9-10H2;1-6,16,20H,7-8H2. The van der Waals surface area contributed by atoms with E-state index >= 15 is 0 Å². The Morgan fingerprint density at radius 1 is 0.412 bits per heavy atom. The minimum Gasteiger partial charge on any atom is -0.395 e. The molecular weight excluding hydrogens is 1220 g/mol. The smallest absolute Gasteiger partial charge is 0.260 e. The normalized spacial score (nSPS) is 15.6. The first-order valence-corrected chi connectivity index (χ1v) is 33.2. The molecule has 4 aromatic carbocycles. The average Bonchev–Trinajstić information content (AvgIpc) is 1.62. The van der Waals surface area contributed by atoms with Gasteiger partial charge < -0.3 is 39.6 Å². The summed E-state index contributed by atoms with van der Waals surface area (Å²) < 4.78 is 12.8. The van der Waals surface area contributed by atoms with Gasteiger partial charge in [0, 0.05) is 118 Å². The van der Waals surface area contributed by atoms with Crippen LogP contribution in [-0.2, 0) is 11.3 Å². The zero-order chi connectivity index (χ0) is 66.0. The molecule has 3 fully saturated rings. The summed E-state index contributed by atoms with van der Waals surface area (Å²) in [6.45, 7) is 9.93. The van der Waals surface area contributed by atoms with E-state index in [1.165, 1.54) is 0 Å². The number of hydrogen-bond donors (Lipinski definition) is 5. The molecular formula is C73H70N18O6. The Hall–Kier alpha value is -10.9. The fourth-order valence-corrected chi connectivity index (χ4v) is 15.0. The van der Waals surface area contributed by atoms with E-state index < -0.39 is 0 Å². The van der Waals surface area contributed by atoms with Gasteiger partial charge in [0.2, 0.25) is 0 Å². The van der Waals surface area contributed by atoms with Crippen molar-refractivity contribution in [3.63, 3.8) is 0 Å². The van der Waals surface area contributed by atoms with E-state index in [0.717, 1.165) is 163 Å². The first-order valence-electron chi connectivity index (χ1n) is 33.2. The Morgan fingerprint density at radius 2 is 0.722 bits per heavy atom. The third-order valence-corrected chi connectivity index (χ3v) is 19.9. The molecule has 0 saturated carbocycles. The third kappa shape index (κ3) is 10.5. The molecule has 0 bridgehead atoms. The van der Waals surface area contributed by atoms with Crippen molar-refractivity contribution in [1.82, 2.24) is 88.8 Å². The predicted octanol–water partition coefficient (Wildman–Crippen LogP) is 10.4. The molecule has 0 aliphatic carbocycles. The number of nitrogens with one attached hydrogen (secondary N) is 4. The van der Waals surface area contributed by atoms with Crippen LogP contribution < -0.4 is 22.2 Å². The molecule has 19 rings (SSSR count). The minimum atomic E-state index is -0.151. The van der Waals surface area contributed by atoms with E-state index in [4.69, 9.17) is 4.74 Å². The van der Waals surface area contributed by atoms with Gasteiger partial charge in [-0.3, -0.25) is 37.4 Å². The topological polar surface area (TPSA) is 290 Å². The molecule has 12 aromatic heterocycles. The number of aliphatic hydroxyl groups is 1. The van der Waals surface area contributed by atoms with Gasteiger partial charge in [-0.2, -0.15) is 0 Å². The number of H-pyrrole nitrogens is 4. The van der Waals surface area contributed by atoms with Crippen LogP contribution in [0.2, 0.25) is 0 Å². The number of ether oxygens (including phenoxy) is 1. The molecule has 24 heteroatoms. The van der Waals surface area contributed by atoms with E-state index in [2.05, 4.69) is 91.4 Å². The summed E-state index contributed by atoms with van der Waals surface area (Å²) in [4.78, 5) is 71.0. The van der Waals surface area contributed by atoms with Crippen LogP contribution in [0.15, 0.2) is 165 Å². The zero-order valence-electron chi connectivity index (χ0n) is 53.8. The number of aliphatic hydroxyl groups excluding tert-OH is 1. The van der Waals surface area contributed by atoms with Crippen molar-refractivity contribution in [1.29, 1.82) is 0 Å². The molecule has 24 nitrogen and oxygen atoms in total. The summed E-state index contributed by atoms with van der Waals surface area (Å²) in [7, 11) is 2.13. The Morgan fingerprint density at radius 3 is 1.07 bits per heavy atom. The number of benzene rings is 4. The first kappa shape index (κ1) is 61.0. The summed E-state index contributed by atoms with van der Waals surface area (Å²) in [5.41, 5.74) is 9.28. The number of hydrogen-bond acceptors (Lipinski definition) is 16. The number of rotatable bonds is 6. The summed E-state index contributed by atoms with van der Waals surface area (Å²) in [6.07, 6.45) is 12.8. The lowest BCUT2D eigenvalue weighted by Crippen LogP contribution is -2.40. The van der Waals surface area contributed by atoms with Crippen LogP contribution in [0.4, 0.5) is 0 Å². The zero-order valence-corrected chi connectivity index (χ0v) is 53.8. The molecule has 3 aliphatic heterocycles. The largest absolute Gasteiger partial charge is 0.395 e. The second-order valence-corrected chi connectivity index (χ2v) is 25.7. The maximum atomic E-state index is 13.6. The molecule has 5 N–H and O–H groups in total. The van der Waals surface area contributed by atoms with Crippen LogP contribution in [0.5, 0.6) is 0 Å². The van der Waals surface area contributed by atoms with Gasteiger partial charge in [-0.15, -0.1) is 40.8 Å². The maximum absolute atomic E-state index is 13.6. The highest BCUT2D eigenvalue weighted by atomic mass is 16.5. The number of likely N-dealkylation sites (tertiary alicyclic amines) is 2. The van der Waals surface area contributed by atoms with Crippen molar-refractivity contribution in [2.45, 2.75) is 83.1 Å². The molecule has 16 aromatic rings. The fourth-order valence-electron chi connectivity index (χ4n) is 15.0. The van der Waals surface area contributed by atoms with Gasteiger partial charge in [-0.1, -0.05) is 72.8 Å². The van der Waals surface area contributed by atoms with Gasteiger partial charge >= 0.3 is 0 Å². The van der Waals surface area contributed by atoms with Gasteiger partial charge in [0.25, 0.3) is 22.2 Å². The van der Waals surface area contributed by atoms with E-state index in [9.17, 15) is 24.3 Å². The van der Waals surface area contributed by atoms with Crippen LogP contribution >= 0.6 is 0 Å². The van der Waals surface area contributed by atoms with Gasteiger partial charge in [0.1, 0.15) is 66.7 Å². The van der Waals surface area contributed by atoms with Crippen molar-refractivity contribution in [2.24, 2.45) is 0 Å². The number of piperidine rings is 2. The quantitative estimate of drug-likeness (QED) is 0.103. The number of pyridine rings is 4. The second kappa shape index (κ2) is 25.3. The van der Waals surface area contributed by atoms with Gasteiger partial charge in [0.05, 0.1) is 34.7 Å². The van der Waals surface area contributed by atoms with Crippen LogP contribution in [-0.4, -0.2) is 153 Å². The highest BCUT2D eigenvalue weighted by molar-refractivity contribution is 6.17. The molecule has 97 heavy (non-hydrogen) atoms. The SMILES string of the molecule is CC(C)N1CCC(n2c(=O)c3ccccc3c3nnc4cc[nH]c2c43)CC1.CN1CCC(n2c(=O)c3ccccc3c3nnc4cc[nH]c2c43)CC1.O=c1c2ccccc2c2nnc3cc[nH]c(c32)n1C1CCOCC1.O=c1c2ccccc2c2nnc3cc[nH]c(c32)n1CCO. The van der Waals surface area contributed by atoms with Crippen LogP contribution in [0.3, 0.4) is 0 Å². The van der Waals surface area contributed by atoms with Crippen molar-refractivity contribution in [3.05, 3.63) is 188 Å². The Kier molecular flexibility index (Phi) is 15.9. The van der Waals surface area contributed by atoms with Crippen LogP contribution in [0.1, 0.15) is 70.5 Å². The van der Waals surface area contributed by atoms with E-state index in [0.29, 0.717) is 52.0 Å². The predicted molar refractivity (Wildman–Crippen MR) is 380 cm³/mol. The summed E-state index contributed by atoms with van der Waals surface area (Å²) in [5.74, 6) is 0. The molecule has 3 aliphatic rings. The molecule has 0 radical (unpaired) electrons. The van der Waals surface area contributed by atoms with Gasteiger partial charge in [0.15, 0.2) is 0 Å². The lowest BCUT2D eigenvalue weighted by atomic mass is 10.0. The first-order chi connectivity index (χ1) is 47.5.